The van der Waals surface area contributed by atoms with Crippen LogP contribution >= 0.6 is 0 Å². The molecule has 2 saturated heterocycles. The number of nitrogens with zero attached hydrogens (tertiary/aromatic N) is 1. The van der Waals surface area contributed by atoms with Crippen molar-refractivity contribution in [1.82, 2.24) is 31.5 Å². The van der Waals surface area contributed by atoms with E-state index >= 15 is 0 Å². The van der Waals surface area contributed by atoms with E-state index in [2.05, 4.69) is 26.6 Å². The van der Waals surface area contributed by atoms with E-state index in [-0.39, 0.29) is 42.3 Å². The van der Waals surface area contributed by atoms with Gasteiger partial charge in [0.2, 0.25) is 17.7 Å². The van der Waals surface area contributed by atoms with Crippen LogP contribution in [0.5, 0.6) is 5.75 Å². The number of nitrogens with one attached hydrogen (secondary N) is 5. The van der Waals surface area contributed by atoms with Gasteiger partial charge in [-0.2, -0.15) is 0 Å². The molecule has 0 spiro atoms. The molecule has 0 aliphatic carbocycles. The Balaban J connectivity index is 1.27. The number of hydrogen-bond donors (Lipinski definition) is 5. The van der Waals surface area contributed by atoms with Crippen molar-refractivity contribution in [3.8, 4) is 5.75 Å². The summed E-state index contributed by atoms with van der Waals surface area (Å²) in [7, 11) is 3.34. The van der Waals surface area contributed by atoms with Crippen LogP contribution in [0.2, 0.25) is 0 Å². The summed E-state index contributed by atoms with van der Waals surface area (Å²) < 4.78 is 5.23. The predicted octanol–water partition coefficient (Wildman–Crippen LogP) is 2.94. The fourth-order valence-electron chi connectivity index (χ4n) is 6.83. The SMILES string of the molecule is CN[C@H](Cc1ccccc1)C(=O)N[C@@H]1C(=O)N2[C@@H](CC[C@@H]1CNC(=O)NCc1ccccc1)CC[C@H]2C(=O)NCCc1ccc(OC)cc1. The minimum absolute atomic E-state index is 0.120. The standard InChI is InChI=1S/C38H48N6O5/c1-39-32(23-27-9-5-3-6-10-27)35(45)43-34-29(25-42-38(48)41-24-28-11-7-4-8-12-28)15-16-30-17-20-33(44(30)37(34)47)36(46)40-22-21-26-13-18-31(49-2)19-14-26/h3-14,18-19,29-30,32-34,39H,15-17,20-25H2,1-2H3,(H,40,46)(H,43,45)(H2,41,42,48)/t29-,30+,32-,33+,34+/m1/s1. The highest BCUT2D eigenvalue weighted by molar-refractivity contribution is 5.94. The smallest absolute Gasteiger partial charge is 0.315 e. The fourth-order valence-corrected chi connectivity index (χ4v) is 6.83. The van der Waals surface area contributed by atoms with Crippen LogP contribution in [0.25, 0.3) is 0 Å². The molecule has 5 amide bonds. The van der Waals surface area contributed by atoms with Crippen LogP contribution in [0.3, 0.4) is 0 Å². The lowest BCUT2D eigenvalue weighted by atomic mass is 9.92. The van der Waals surface area contributed by atoms with Crippen molar-refractivity contribution in [2.45, 2.75) is 69.2 Å². The average Bonchev–Trinajstić information content (AvgIpc) is 3.52. The van der Waals surface area contributed by atoms with Gasteiger partial charge in [-0.3, -0.25) is 14.4 Å². The van der Waals surface area contributed by atoms with Gasteiger partial charge in [-0.1, -0.05) is 72.8 Å². The van der Waals surface area contributed by atoms with Crippen LogP contribution < -0.4 is 31.3 Å². The van der Waals surface area contributed by atoms with Gasteiger partial charge < -0.3 is 36.2 Å². The lowest BCUT2D eigenvalue weighted by molar-refractivity contribution is -0.143. The molecule has 11 heteroatoms. The predicted molar refractivity (Wildman–Crippen MR) is 188 cm³/mol. The highest BCUT2D eigenvalue weighted by Crippen LogP contribution is 2.34. The molecule has 0 saturated carbocycles. The molecule has 5 atom stereocenters. The molecule has 0 radical (unpaired) electrons. The number of ether oxygens (including phenoxy) is 1. The van der Waals surface area contributed by atoms with Gasteiger partial charge in [0, 0.05) is 31.6 Å². The number of carbonyl (C=O) groups excluding carboxylic acids is 4. The Morgan fingerprint density at radius 3 is 2.16 bits per heavy atom. The number of likely N-dealkylation sites (N-methyl/N-ethyl adjacent to an activating group) is 1. The third-order valence-corrected chi connectivity index (χ3v) is 9.61. The molecule has 11 nitrogen and oxygen atoms in total. The monoisotopic (exact) mass is 668 g/mol. The quantitative estimate of drug-likeness (QED) is 0.179. The van der Waals surface area contributed by atoms with Crippen LogP contribution in [0.15, 0.2) is 84.9 Å². The summed E-state index contributed by atoms with van der Waals surface area (Å²) in [4.78, 5) is 56.2. The maximum atomic E-state index is 14.4. The first-order valence-corrected chi connectivity index (χ1v) is 17.2. The van der Waals surface area contributed by atoms with Crippen LogP contribution in [0, 0.1) is 5.92 Å². The second kappa shape index (κ2) is 17.5. The van der Waals surface area contributed by atoms with E-state index in [1.165, 1.54) is 0 Å². The van der Waals surface area contributed by atoms with Gasteiger partial charge in [0.1, 0.15) is 17.8 Å². The third-order valence-electron chi connectivity index (χ3n) is 9.61. The van der Waals surface area contributed by atoms with Crippen molar-refractivity contribution in [2.75, 3.05) is 27.2 Å². The minimum Gasteiger partial charge on any atom is -0.497 e. The number of rotatable bonds is 14. The summed E-state index contributed by atoms with van der Waals surface area (Å²) in [5.74, 6) is -0.370. The molecular formula is C38H48N6O5. The molecule has 3 aromatic carbocycles. The zero-order valence-electron chi connectivity index (χ0n) is 28.3. The maximum Gasteiger partial charge on any atom is 0.315 e. The number of amides is 5. The maximum absolute atomic E-state index is 14.4. The highest BCUT2D eigenvalue weighted by Gasteiger charge is 2.47. The lowest BCUT2D eigenvalue weighted by Crippen LogP contribution is -2.59. The van der Waals surface area contributed by atoms with Crippen molar-refractivity contribution in [1.29, 1.82) is 0 Å². The van der Waals surface area contributed by atoms with E-state index in [0.29, 0.717) is 51.6 Å². The van der Waals surface area contributed by atoms with E-state index in [1.807, 2.05) is 84.9 Å². The minimum atomic E-state index is -0.911. The van der Waals surface area contributed by atoms with Crippen molar-refractivity contribution in [3.05, 3.63) is 102 Å². The first kappa shape index (κ1) is 35.4. The fraction of sp³-hybridized carbons (Fsp3) is 0.421. The Bertz CT molecular complexity index is 1540. The van der Waals surface area contributed by atoms with E-state index in [0.717, 1.165) is 22.4 Å². The number of carbonyl (C=O) groups is 4. The molecule has 49 heavy (non-hydrogen) atoms. The van der Waals surface area contributed by atoms with Crippen molar-refractivity contribution < 1.29 is 23.9 Å². The van der Waals surface area contributed by atoms with Crippen molar-refractivity contribution in [3.63, 3.8) is 0 Å². The molecule has 2 heterocycles. The Hall–Kier alpha value is -4.90. The van der Waals surface area contributed by atoms with Gasteiger partial charge in [0.05, 0.1) is 13.2 Å². The summed E-state index contributed by atoms with van der Waals surface area (Å²) in [5.41, 5.74) is 3.03. The second-order valence-electron chi connectivity index (χ2n) is 12.8. The summed E-state index contributed by atoms with van der Waals surface area (Å²) >= 11 is 0. The first-order chi connectivity index (χ1) is 23.9. The van der Waals surface area contributed by atoms with Crippen LogP contribution in [0.4, 0.5) is 4.79 Å². The molecule has 5 rings (SSSR count). The molecular weight excluding hydrogens is 620 g/mol. The lowest BCUT2D eigenvalue weighted by Gasteiger charge is -2.33. The third kappa shape index (κ3) is 9.60. The van der Waals surface area contributed by atoms with Gasteiger partial charge in [-0.15, -0.1) is 0 Å². The molecule has 2 aliphatic rings. The van der Waals surface area contributed by atoms with Crippen LogP contribution in [0.1, 0.15) is 42.4 Å². The highest BCUT2D eigenvalue weighted by atomic mass is 16.5. The van der Waals surface area contributed by atoms with Gasteiger partial charge >= 0.3 is 6.03 Å². The van der Waals surface area contributed by atoms with Crippen LogP contribution in [-0.2, 0) is 33.8 Å². The molecule has 2 aliphatic heterocycles. The summed E-state index contributed by atoms with van der Waals surface area (Å²) in [6.45, 7) is 0.993. The van der Waals surface area contributed by atoms with Crippen molar-refractivity contribution in [2.24, 2.45) is 5.92 Å². The van der Waals surface area contributed by atoms with Crippen LogP contribution in [-0.4, -0.2) is 80.1 Å². The topological polar surface area (TPSA) is 141 Å². The van der Waals surface area contributed by atoms with Gasteiger partial charge in [-0.25, -0.2) is 4.79 Å². The molecule has 5 N–H and O–H groups in total. The second-order valence-corrected chi connectivity index (χ2v) is 12.8. The number of urea groups is 1. The Labute approximate surface area is 288 Å². The Morgan fingerprint density at radius 1 is 0.816 bits per heavy atom. The van der Waals surface area contributed by atoms with Crippen molar-refractivity contribution >= 4 is 23.8 Å². The molecule has 0 unspecified atom stereocenters. The van der Waals surface area contributed by atoms with Gasteiger partial charge in [0.25, 0.3) is 0 Å². The van der Waals surface area contributed by atoms with E-state index in [9.17, 15) is 19.2 Å². The molecule has 0 bridgehead atoms. The molecule has 2 fully saturated rings. The summed E-state index contributed by atoms with van der Waals surface area (Å²) in [5, 5.41) is 15.0. The summed E-state index contributed by atoms with van der Waals surface area (Å²) in [6.07, 6.45) is 3.62. The average molecular weight is 669 g/mol. The molecule has 3 aromatic rings. The Kier molecular flexibility index (Phi) is 12.6. The van der Waals surface area contributed by atoms with E-state index in [4.69, 9.17) is 4.74 Å². The number of benzene rings is 3. The van der Waals surface area contributed by atoms with E-state index < -0.39 is 18.1 Å². The zero-order chi connectivity index (χ0) is 34.6. The van der Waals surface area contributed by atoms with E-state index in [1.54, 1.807) is 19.1 Å². The number of methoxy groups -OCH3 is 1. The number of fused-ring (bicyclic) bond motifs is 1. The molecule has 0 aromatic heterocycles. The number of hydrogen-bond acceptors (Lipinski definition) is 6. The summed E-state index contributed by atoms with van der Waals surface area (Å²) in [6, 6.07) is 24.4. The molecule has 260 valence electrons. The van der Waals surface area contributed by atoms with Gasteiger partial charge in [-0.05, 0) is 74.4 Å². The first-order valence-electron chi connectivity index (χ1n) is 17.2. The Morgan fingerprint density at radius 2 is 1.49 bits per heavy atom. The largest absolute Gasteiger partial charge is 0.497 e. The normalized spacial score (nSPS) is 20.8. The zero-order valence-corrected chi connectivity index (χ0v) is 28.3. The van der Waals surface area contributed by atoms with Gasteiger partial charge in [0.15, 0.2) is 0 Å².